The summed E-state index contributed by atoms with van der Waals surface area (Å²) in [6.45, 7) is 16.4. The van der Waals surface area contributed by atoms with Crippen LogP contribution in [0.4, 0.5) is 16.2 Å². The average molecular weight is 492 g/mol. The van der Waals surface area contributed by atoms with Crippen LogP contribution in [0.1, 0.15) is 65.8 Å². The average Bonchev–Trinajstić information content (AvgIpc) is 3.32. The van der Waals surface area contributed by atoms with E-state index in [1.54, 1.807) is 22.2 Å². The smallest absolute Gasteiger partial charge is 0.414 e. The van der Waals surface area contributed by atoms with E-state index in [1.807, 2.05) is 58.4 Å². The number of rotatable bonds is 6. The number of amides is 2. The first-order chi connectivity index (χ1) is 16.9. The van der Waals surface area contributed by atoms with E-state index >= 15 is 0 Å². The second-order valence-corrected chi connectivity index (χ2v) is 11.1. The zero-order valence-electron chi connectivity index (χ0n) is 22.5. The van der Waals surface area contributed by atoms with E-state index in [1.165, 1.54) is 0 Å². The molecule has 36 heavy (non-hydrogen) atoms. The van der Waals surface area contributed by atoms with Gasteiger partial charge in [-0.15, -0.1) is 10.2 Å². The number of ether oxygens (including phenoxy) is 1. The lowest BCUT2D eigenvalue weighted by Gasteiger charge is -2.46. The van der Waals surface area contributed by atoms with Crippen LogP contribution in [-0.4, -0.2) is 45.5 Å². The Bertz CT molecular complexity index is 1230. The molecule has 1 fully saturated rings. The molecular formula is C28H37N5O3. The Kier molecular flexibility index (Phi) is 6.58. The van der Waals surface area contributed by atoms with Gasteiger partial charge in [0.15, 0.2) is 0 Å². The molecular weight excluding hydrogens is 454 g/mol. The van der Waals surface area contributed by atoms with Gasteiger partial charge in [-0.1, -0.05) is 19.6 Å². The van der Waals surface area contributed by atoms with E-state index in [9.17, 15) is 9.59 Å². The number of carbonyl (C=O) groups excluding carboxylic acids is 2. The van der Waals surface area contributed by atoms with Crippen LogP contribution in [-0.2, 0) is 22.0 Å². The fourth-order valence-electron chi connectivity index (χ4n) is 5.50. The van der Waals surface area contributed by atoms with Crippen LogP contribution in [0.15, 0.2) is 48.3 Å². The summed E-state index contributed by atoms with van der Waals surface area (Å²) in [4.78, 5) is 29.8. The summed E-state index contributed by atoms with van der Waals surface area (Å²) in [7, 11) is 1.96. The Morgan fingerprint density at radius 2 is 2.00 bits per heavy atom. The highest BCUT2D eigenvalue weighted by Gasteiger charge is 2.49. The number of benzene rings is 1. The molecule has 0 spiro atoms. The lowest BCUT2D eigenvalue weighted by molar-refractivity contribution is -0.114. The topological polar surface area (TPSA) is 80.6 Å². The number of nitrogens with zero attached hydrogens (tertiary/aromatic N) is 5. The van der Waals surface area contributed by atoms with Crippen LogP contribution >= 0.6 is 0 Å². The molecule has 192 valence electrons. The van der Waals surface area contributed by atoms with Crippen molar-refractivity contribution in [3.05, 3.63) is 59.7 Å². The molecule has 0 atom stereocenters. The van der Waals surface area contributed by atoms with Gasteiger partial charge < -0.3 is 14.2 Å². The third-order valence-corrected chi connectivity index (χ3v) is 7.08. The minimum Gasteiger partial charge on any atom is -0.443 e. The number of hydrogen-bond donors (Lipinski definition) is 0. The van der Waals surface area contributed by atoms with E-state index in [2.05, 4.69) is 29.8 Å². The van der Waals surface area contributed by atoms with Gasteiger partial charge in [0.05, 0.1) is 5.41 Å². The summed E-state index contributed by atoms with van der Waals surface area (Å²) < 4.78 is 7.68. The van der Waals surface area contributed by atoms with Crippen molar-refractivity contribution in [2.45, 2.75) is 65.4 Å². The van der Waals surface area contributed by atoms with Crippen molar-refractivity contribution in [3.8, 4) is 0 Å². The van der Waals surface area contributed by atoms with Gasteiger partial charge in [0.25, 0.3) is 5.91 Å². The maximum absolute atomic E-state index is 13.3. The molecule has 2 aliphatic rings. The Balaban J connectivity index is 1.87. The van der Waals surface area contributed by atoms with E-state index in [0.29, 0.717) is 30.3 Å². The zero-order chi connectivity index (χ0) is 26.4. The van der Waals surface area contributed by atoms with Gasteiger partial charge in [-0.3, -0.25) is 9.69 Å². The molecule has 2 heterocycles. The molecule has 0 N–H and O–H groups in total. The van der Waals surface area contributed by atoms with Crippen molar-refractivity contribution >= 4 is 23.4 Å². The maximum Gasteiger partial charge on any atom is 0.414 e. The number of carbonyl (C=O) groups is 2. The van der Waals surface area contributed by atoms with Crippen LogP contribution < -0.4 is 9.80 Å². The first-order valence-corrected chi connectivity index (χ1v) is 12.5. The standard InChI is InChI=1S/C28H37N5O3/c1-9-23-19(4)16-33(24(23)34)22-12-20(28(14-18(3)15-28)25-30-29-17-31(25)8)11-21(13-22)32(10-2)26(35)36-27(5,6)7/h9,11-13,17-18H,1,10,14-16H2,2-8H3. The molecule has 1 aliphatic heterocycles. The predicted octanol–water partition coefficient (Wildman–Crippen LogP) is 5.14. The molecule has 0 unspecified atom stereocenters. The lowest BCUT2D eigenvalue weighted by Crippen LogP contribution is -2.44. The molecule has 0 bridgehead atoms. The molecule has 1 saturated carbocycles. The van der Waals surface area contributed by atoms with E-state index in [4.69, 9.17) is 4.74 Å². The second kappa shape index (κ2) is 9.22. The molecule has 8 nitrogen and oxygen atoms in total. The first-order valence-electron chi connectivity index (χ1n) is 12.5. The van der Waals surface area contributed by atoms with Crippen molar-refractivity contribution in [2.75, 3.05) is 22.9 Å². The number of aryl methyl sites for hydroxylation is 1. The Morgan fingerprint density at radius 1 is 1.31 bits per heavy atom. The van der Waals surface area contributed by atoms with Gasteiger partial charge in [0, 0.05) is 37.1 Å². The zero-order valence-corrected chi connectivity index (χ0v) is 22.5. The second-order valence-electron chi connectivity index (χ2n) is 11.1. The summed E-state index contributed by atoms with van der Waals surface area (Å²) in [5.74, 6) is 1.32. The summed E-state index contributed by atoms with van der Waals surface area (Å²) in [5.41, 5.74) is 3.07. The van der Waals surface area contributed by atoms with Crippen molar-refractivity contribution in [3.63, 3.8) is 0 Å². The maximum atomic E-state index is 13.3. The van der Waals surface area contributed by atoms with Crippen LogP contribution in [0, 0.1) is 5.92 Å². The van der Waals surface area contributed by atoms with Crippen LogP contribution in [0.3, 0.4) is 0 Å². The predicted molar refractivity (Wildman–Crippen MR) is 141 cm³/mol. The third-order valence-electron chi connectivity index (χ3n) is 7.08. The molecule has 0 radical (unpaired) electrons. The van der Waals surface area contributed by atoms with E-state index in [0.717, 1.165) is 35.5 Å². The summed E-state index contributed by atoms with van der Waals surface area (Å²) in [6, 6.07) is 6.03. The normalized spacial score (nSPS) is 22.0. The number of hydrogen-bond acceptors (Lipinski definition) is 5. The van der Waals surface area contributed by atoms with Crippen molar-refractivity contribution < 1.29 is 14.3 Å². The van der Waals surface area contributed by atoms with Crippen LogP contribution in [0.5, 0.6) is 0 Å². The van der Waals surface area contributed by atoms with Crippen molar-refractivity contribution in [1.82, 2.24) is 14.8 Å². The van der Waals surface area contributed by atoms with Gasteiger partial charge in [0.1, 0.15) is 17.8 Å². The van der Waals surface area contributed by atoms with Crippen LogP contribution in [0.2, 0.25) is 0 Å². The third kappa shape index (κ3) is 4.45. The first kappa shape index (κ1) is 25.7. The molecule has 1 aromatic carbocycles. The SMILES string of the molecule is C=CC1=C(C)CN(c2cc(N(CC)C(=O)OC(C)(C)C)cc(C3(c4nncn4C)CC(C)C3)c2)C1=O. The Morgan fingerprint density at radius 3 is 2.50 bits per heavy atom. The lowest BCUT2D eigenvalue weighted by atomic mass is 9.58. The fourth-order valence-corrected chi connectivity index (χ4v) is 5.50. The minimum atomic E-state index is -0.626. The summed E-state index contributed by atoms with van der Waals surface area (Å²) in [5, 5.41) is 8.64. The van der Waals surface area contributed by atoms with Crippen molar-refractivity contribution in [2.24, 2.45) is 13.0 Å². The molecule has 2 aromatic rings. The van der Waals surface area contributed by atoms with Crippen molar-refractivity contribution in [1.29, 1.82) is 0 Å². The van der Waals surface area contributed by atoms with Gasteiger partial charge in [-0.05, 0) is 82.7 Å². The molecule has 4 rings (SSSR count). The van der Waals surface area contributed by atoms with Crippen LogP contribution in [0.25, 0.3) is 0 Å². The summed E-state index contributed by atoms with van der Waals surface area (Å²) >= 11 is 0. The minimum absolute atomic E-state index is 0.0828. The van der Waals surface area contributed by atoms with Gasteiger partial charge in [-0.2, -0.15) is 0 Å². The molecule has 8 heteroatoms. The van der Waals surface area contributed by atoms with Gasteiger partial charge in [0.2, 0.25) is 0 Å². The number of anilines is 2. The highest BCUT2D eigenvalue weighted by Crippen LogP contribution is 2.53. The monoisotopic (exact) mass is 491 g/mol. The highest BCUT2D eigenvalue weighted by atomic mass is 16.6. The largest absolute Gasteiger partial charge is 0.443 e. The van der Waals surface area contributed by atoms with E-state index < -0.39 is 11.7 Å². The molecule has 1 aliphatic carbocycles. The van der Waals surface area contributed by atoms with Gasteiger partial charge in [-0.25, -0.2) is 4.79 Å². The fraction of sp³-hybridized carbons (Fsp3) is 0.500. The quantitative estimate of drug-likeness (QED) is 0.559. The van der Waals surface area contributed by atoms with Gasteiger partial charge >= 0.3 is 6.09 Å². The highest BCUT2D eigenvalue weighted by molar-refractivity contribution is 6.11. The molecule has 2 amide bonds. The number of aromatic nitrogens is 3. The Labute approximate surface area is 213 Å². The molecule has 1 aromatic heterocycles. The molecule has 0 saturated heterocycles. The Hall–Kier alpha value is -3.42. The summed E-state index contributed by atoms with van der Waals surface area (Å²) in [6.07, 6.45) is 4.73. The van der Waals surface area contributed by atoms with E-state index in [-0.39, 0.29) is 11.3 Å².